The number of imidazole rings is 1. The van der Waals surface area contributed by atoms with E-state index in [9.17, 15) is 9.59 Å². The first-order valence-electron chi connectivity index (χ1n) is 13.8. The average molecular weight is 528 g/mol. The predicted octanol–water partition coefficient (Wildman–Crippen LogP) is 4.09. The first-order chi connectivity index (χ1) is 19.0. The molecule has 5 rings (SSSR count). The van der Waals surface area contributed by atoms with E-state index in [0.29, 0.717) is 26.0 Å². The van der Waals surface area contributed by atoms with Gasteiger partial charge in [-0.05, 0) is 60.6 Å². The number of nitrogens with one attached hydrogen (secondary N) is 1. The van der Waals surface area contributed by atoms with Gasteiger partial charge < -0.3 is 24.9 Å². The number of aromatic amines is 1. The zero-order chi connectivity index (χ0) is 27.2. The van der Waals surface area contributed by atoms with E-state index in [2.05, 4.69) is 27.8 Å². The molecule has 2 aromatic heterocycles. The van der Waals surface area contributed by atoms with Gasteiger partial charge in [-0.2, -0.15) is 0 Å². The van der Waals surface area contributed by atoms with Gasteiger partial charge in [-0.25, -0.2) is 4.98 Å². The summed E-state index contributed by atoms with van der Waals surface area (Å²) in [4.78, 5) is 34.5. The third-order valence-electron chi connectivity index (χ3n) is 7.55. The summed E-state index contributed by atoms with van der Waals surface area (Å²) in [6.07, 6.45) is 5.47. The minimum Gasteiger partial charge on any atom is -0.385 e. The number of hydrogen-bond donors (Lipinski definition) is 2. The summed E-state index contributed by atoms with van der Waals surface area (Å²) in [5, 5.41) is 0. The molecule has 1 saturated heterocycles. The van der Waals surface area contributed by atoms with Crippen molar-refractivity contribution in [2.45, 2.75) is 50.6 Å². The van der Waals surface area contributed by atoms with E-state index in [-0.39, 0.29) is 23.4 Å². The Kier molecular flexibility index (Phi) is 8.54. The molecule has 1 aliphatic heterocycles. The fourth-order valence-electron chi connectivity index (χ4n) is 5.61. The van der Waals surface area contributed by atoms with Crippen LogP contribution in [0, 0.1) is 0 Å². The third kappa shape index (κ3) is 6.46. The van der Waals surface area contributed by atoms with Crippen LogP contribution in [0.15, 0.2) is 71.7 Å². The number of hydrogen-bond acceptors (Lipinski definition) is 5. The summed E-state index contributed by atoms with van der Waals surface area (Å²) in [5.74, 6) is 1.37. The topological polar surface area (TPSA) is 106 Å². The Morgan fingerprint density at radius 1 is 1.15 bits per heavy atom. The maximum absolute atomic E-state index is 13.3. The number of piperidine rings is 1. The molecule has 2 aromatic carbocycles. The molecule has 8 nitrogen and oxygen atoms in total. The lowest BCUT2D eigenvalue weighted by molar-refractivity contribution is -0.132. The van der Waals surface area contributed by atoms with E-state index in [0.717, 1.165) is 65.9 Å². The summed E-state index contributed by atoms with van der Waals surface area (Å²) in [5.41, 5.74) is 11.4. The van der Waals surface area contributed by atoms with Crippen molar-refractivity contribution in [3.8, 4) is 11.1 Å². The second kappa shape index (κ2) is 12.4. The molecule has 39 heavy (non-hydrogen) atoms. The van der Waals surface area contributed by atoms with Crippen molar-refractivity contribution >= 4 is 16.9 Å². The number of H-pyrrole nitrogens is 1. The highest BCUT2D eigenvalue weighted by atomic mass is 16.5. The Hall–Kier alpha value is -3.75. The number of fused-ring (bicyclic) bond motifs is 1. The quantitative estimate of drug-likeness (QED) is 0.302. The molecule has 0 spiro atoms. The number of pyridine rings is 1. The van der Waals surface area contributed by atoms with Gasteiger partial charge in [-0.15, -0.1) is 0 Å². The second-order valence-corrected chi connectivity index (χ2v) is 10.4. The van der Waals surface area contributed by atoms with E-state index in [1.807, 2.05) is 41.3 Å². The number of para-hydroxylation sites is 2. The van der Waals surface area contributed by atoms with E-state index in [1.165, 1.54) is 0 Å². The molecule has 3 N–H and O–H groups in total. The molecule has 4 aromatic rings. The van der Waals surface area contributed by atoms with Gasteiger partial charge in [-0.1, -0.05) is 36.4 Å². The molecular formula is C31H37N5O3. The number of nitrogens with two attached hydrogens (primary N) is 1. The number of amides is 1. The summed E-state index contributed by atoms with van der Waals surface area (Å²) >= 11 is 0. The molecule has 3 heterocycles. The smallest absolute Gasteiger partial charge is 0.248 e. The molecule has 1 aliphatic rings. The SMILES string of the molecule is COCCCn1c(C2CCCN(C(=O)CC(N)Cc3ccc(-c4cc[nH]c(=O)c4)cc3)C2)nc2ccccc21. The number of methoxy groups -OCH3 is 1. The number of carbonyl (C=O) groups is 1. The van der Waals surface area contributed by atoms with Crippen LogP contribution < -0.4 is 11.3 Å². The monoisotopic (exact) mass is 527 g/mol. The number of aryl methyl sites for hydroxylation is 1. The zero-order valence-corrected chi connectivity index (χ0v) is 22.5. The molecule has 2 unspecified atom stereocenters. The number of likely N-dealkylation sites (tertiary alicyclic amines) is 1. The third-order valence-corrected chi connectivity index (χ3v) is 7.55. The fourth-order valence-corrected chi connectivity index (χ4v) is 5.61. The highest BCUT2D eigenvalue weighted by Gasteiger charge is 2.29. The van der Waals surface area contributed by atoms with Crippen molar-refractivity contribution in [3.63, 3.8) is 0 Å². The first-order valence-corrected chi connectivity index (χ1v) is 13.8. The van der Waals surface area contributed by atoms with Crippen LogP contribution in [-0.2, 0) is 22.5 Å². The van der Waals surface area contributed by atoms with Gasteiger partial charge in [0.25, 0.3) is 0 Å². The maximum Gasteiger partial charge on any atom is 0.248 e. The second-order valence-electron chi connectivity index (χ2n) is 10.4. The summed E-state index contributed by atoms with van der Waals surface area (Å²) in [6, 6.07) is 19.5. The summed E-state index contributed by atoms with van der Waals surface area (Å²) in [7, 11) is 1.73. The largest absolute Gasteiger partial charge is 0.385 e. The minimum atomic E-state index is -0.262. The molecule has 2 atom stereocenters. The number of ether oxygens (including phenoxy) is 1. The lowest BCUT2D eigenvalue weighted by Crippen LogP contribution is -2.42. The number of rotatable bonds is 10. The number of nitrogens with zero attached hydrogens (tertiary/aromatic N) is 3. The Morgan fingerprint density at radius 3 is 2.77 bits per heavy atom. The van der Waals surface area contributed by atoms with E-state index in [4.69, 9.17) is 15.5 Å². The molecule has 1 amide bonds. The average Bonchev–Trinajstić information content (AvgIpc) is 3.32. The highest BCUT2D eigenvalue weighted by Crippen LogP contribution is 2.30. The minimum absolute atomic E-state index is 0.106. The molecule has 0 radical (unpaired) electrons. The maximum atomic E-state index is 13.3. The summed E-state index contributed by atoms with van der Waals surface area (Å²) < 4.78 is 7.60. The van der Waals surface area contributed by atoms with Crippen LogP contribution in [-0.4, -0.2) is 58.2 Å². The lowest BCUT2D eigenvalue weighted by atomic mass is 9.95. The van der Waals surface area contributed by atoms with Crippen molar-refractivity contribution in [2.24, 2.45) is 5.73 Å². The normalized spacial score (nSPS) is 16.5. The van der Waals surface area contributed by atoms with Gasteiger partial charge in [0.2, 0.25) is 11.5 Å². The van der Waals surface area contributed by atoms with Crippen molar-refractivity contribution in [1.29, 1.82) is 0 Å². The van der Waals surface area contributed by atoms with E-state index < -0.39 is 0 Å². The van der Waals surface area contributed by atoms with E-state index >= 15 is 0 Å². The van der Waals surface area contributed by atoms with Crippen LogP contribution in [0.2, 0.25) is 0 Å². The van der Waals surface area contributed by atoms with Crippen LogP contribution >= 0.6 is 0 Å². The Balaban J connectivity index is 1.21. The van der Waals surface area contributed by atoms with Crippen molar-refractivity contribution < 1.29 is 9.53 Å². The van der Waals surface area contributed by atoms with Gasteiger partial charge in [0.1, 0.15) is 5.82 Å². The molecule has 204 valence electrons. The zero-order valence-electron chi connectivity index (χ0n) is 22.5. The first kappa shape index (κ1) is 26.8. The van der Waals surface area contributed by atoms with Gasteiger partial charge in [0, 0.05) is 64.0 Å². The highest BCUT2D eigenvalue weighted by molar-refractivity contribution is 5.78. The predicted molar refractivity (Wildman–Crippen MR) is 154 cm³/mol. The van der Waals surface area contributed by atoms with Gasteiger partial charge in [0.15, 0.2) is 0 Å². The lowest BCUT2D eigenvalue weighted by Gasteiger charge is -2.33. The van der Waals surface area contributed by atoms with Crippen LogP contribution in [0.1, 0.15) is 43.0 Å². The van der Waals surface area contributed by atoms with E-state index in [1.54, 1.807) is 19.4 Å². The van der Waals surface area contributed by atoms with Crippen LogP contribution in [0.3, 0.4) is 0 Å². The van der Waals surface area contributed by atoms with Crippen LogP contribution in [0.25, 0.3) is 22.2 Å². The number of aromatic nitrogens is 3. The standard InChI is InChI=1S/C31H37N5O3/c1-39-17-5-16-36-28-8-3-2-7-27(28)34-31(36)25-6-4-15-35(21-25)30(38)20-26(32)18-22-9-11-23(12-10-22)24-13-14-33-29(37)19-24/h2-3,7-14,19,25-26H,4-6,15-18,20-21,32H2,1H3,(H,33,37). The van der Waals surface area contributed by atoms with Gasteiger partial charge in [-0.3, -0.25) is 9.59 Å². The van der Waals surface area contributed by atoms with Crippen molar-refractivity contribution in [3.05, 3.63) is 88.6 Å². The Labute approximate surface area is 228 Å². The van der Waals surface area contributed by atoms with Crippen molar-refractivity contribution in [2.75, 3.05) is 26.8 Å². The molecule has 0 bridgehead atoms. The molecule has 1 fully saturated rings. The van der Waals surface area contributed by atoms with Crippen LogP contribution in [0.5, 0.6) is 0 Å². The molecule has 0 saturated carbocycles. The van der Waals surface area contributed by atoms with Crippen LogP contribution in [0.4, 0.5) is 0 Å². The molecular weight excluding hydrogens is 490 g/mol. The molecule has 0 aliphatic carbocycles. The molecule has 8 heteroatoms. The summed E-state index contributed by atoms with van der Waals surface area (Å²) in [6.45, 7) is 2.98. The number of benzene rings is 2. The van der Waals surface area contributed by atoms with Gasteiger partial charge in [0.05, 0.1) is 11.0 Å². The van der Waals surface area contributed by atoms with Crippen molar-refractivity contribution in [1.82, 2.24) is 19.4 Å². The van der Waals surface area contributed by atoms with Gasteiger partial charge >= 0.3 is 0 Å². The Bertz CT molecular complexity index is 1460. The fraction of sp³-hybridized carbons (Fsp3) is 0.387. The Morgan fingerprint density at radius 2 is 1.97 bits per heavy atom. The number of carbonyl (C=O) groups excluding carboxylic acids is 1.